The summed E-state index contributed by atoms with van der Waals surface area (Å²) in [6.07, 6.45) is -2.96. The van der Waals surface area contributed by atoms with Crippen molar-refractivity contribution in [3.05, 3.63) is 27.5 Å². The number of carbonyl (C=O) groups is 1. The average Bonchev–Trinajstić information content (AvgIpc) is 2.08. The van der Waals surface area contributed by atoms with Gasteiger partial charge in [0.1, 0.15) is 5.15 Å². The van der Waals surface area contributed by atoms with Crippen molar-refractivity contribution in [3.8, 4) is 0 Å². The maximum Gasteiger partial charge on any atom is 0.355 e. The molecule has 1 rings (SSSR count). The molecule has 0 saturated heterocycles. The normalized spacial score (nSPS) is 10.6. The van der Waals surface area contributed by atoms with E-state index in [0.29, 0.717) is 0 Å². The Bertz CT molecular complexity index is 384. The molecular formula is C7H3Cl2F2NO2. The van der Waals surface area contributed by atoms with E-state index in [1.165, 1.54) is 0 Å². The molecule has 7 heteroatoms. The largest absolute Gasteiger partial charge is 0.476 e. The van der Waals surface area contributed by atoms with Crippen LogP contribution in [0.5, 0.6) is 0 Å². The maximum absolute atomic E-state index is 12.3. The van der Waals surface area contributed by atoms with Crippen molar-refractivity contribution in [3.63, 3.8) is 0 Å². The van der Waals surface area contributed by atoms with Crippen molar-refractivity contribution in [2.75, 3.05) is 0 Å². The van der Waals surface area contributed by atoms with E-state index >= 15 is 0 Å². The number of aromatic carboxylic acids is 1. The van der Waals surface area contributed by atoms with Gasteiger partial charge in [0.25, 0.3) is 6.43 Å². The lowest BCUT2D eigenvalue weighted by atomic mass is 10.2. The molecule has 1 N–H and O–H groups in total. The van der Waals surface area contributed by atoms with Crippen LogP contribution in [-0.2, 0) is 0 Å². The Labute approximate surface area is 87.3 Å². The predicted molar refractivity (Wildman–Crippen MR) is 46.2 cm³/mol. The van der Waals surface area contributed by atoms with Crippen LogP contribution in [-0.4, -0.2) is 16.1 Å². The third-order valence-electron chi connectivity index (χ3n) is 1.40. The van der Waals surface area contributed by atoms with Gasteiger partial charge in [-0.2, -0.15) is 0 Å². The highest BCUT2D eigenvalue weighted by Crippen LogP contribution is 2.28. The Hall–Kier alpha value is -0.940. The highest BCUT2D eigenvalue weighted by molar-refractivity contribution is 6.41. The Morgan fingerprint density at radius 1 is 1.50 bits per heavy atom. The summed E-state index contributed by atoms with van der Waals surface area (Å²) in [6.45, 7) is 0. The molecule has 0 aliphatic rings. The van der Waals surface area contributed by atoms with E-state index in [9.17, 15) is 13.6 Å². The molecule has 0 aliphatic heterocycles. The molecule has 1 aromatic rings. The zero-order valence-electron chi connectivity index (χ0n) is 6.47. The minimum Gasteiger partial charge on any atom is -0.476 e. The van der Waals surface area contributed by atoms with Gasteiger partial charge in [-0.25, -0.2) is 18.6 Å². The van der Waals surface area contributed by atoms with Crippen LogP contribution in [0, 0.1) is 0 Å². The number of aromatic nitrogens is 1. The van der Waals surface area contributed by atoms with Crippen LogP contribution in [0.1, 0.15) is 22.5 Å². The second-order valence-corrected chi connectivity index (χ2v) is 3.07. The average molecular weight is 242 g/mol. The van der Waals surface area contributed by atoms with Crippen molar-refractivity contribution < 1.29 is 18.7 Å². The maximum atomic E-state index is 12.3. The van der Waals surface area contributed by atoms with Gasteiger partial charge in [0.05, 0.1) is 10.6 Å². The van der Waals surface area contributed by atoms with E-state index in [0.717, 1.165) is 6.07 Å². The van der Waals surface area contributed by atoms with Gasteiger partial charge in [0.2, 0.25) is 0 Å². The number of carboxylic acids is 1. The quantitative estimate of drug-likeness (QED) is 0.810. The summed E-state index contributed by atoms with van der Waals surface area (Å²) >= 11 is 10.8. The van der Waals surface area contributed by atoms with Crippen molar-refractivity contribution in [1.82, 2.24) is 4.98 Å². The Balaban J connectivity index is 3.39. The van der Waals surface area contributed by atoms with Gasteiger partial charge in [-0.1, -0.05) is 23.2 Å². The van der Waals surface area contributed by atoms with Gasteiger partial charge in [0.15, 0.2) is 5.69 Å². The lowest BCUT2D eigenvalue weighted by Gasteiger charge is -2.05. The molecule has 14 heavy (non-hydrogen) atoms. The summed E-state index contributed by atoms with van der Waals surface area (Å²) in [5.41, 5.74) is -1.53. The van der Waals surface area contributed by atoms with E-state index in [2.05, 4.69) is 4.98 Å². The number of hydrogen-bond acceptors (Lipinski definition) is 2. The van der Waals surface area contributed by atoms with E-state index in [1.807, 2.05) is 0 Å². The van der Waals surface area contributed by atoms with Gasteiger partial charge in [-0.15, -0.1) is 0 Å². The highest BCUT2D eigenvalue weighted by atomic mass is 35.5. The second-order valence-electron chi connectivity index (χ2n) is 2.30. The third kappa shape index (κ3) is 2.10. The molecule has 76 valence electrons. The molecule has 0 bridgehead atoms. The summed E-state index contributed by atoms with van der Waals surface area (Å²) in [5, 5.41) is 8.02. The van der Waals surface area contributed by atoms with Crippen molar-refractivity contribution in [2.24, 2.45) is 0 Å². The van der Waals surface area contributed by atoms with Gasteiger partial charge in [-0.3, -0.25) is 0 Å². The number of hydrogen-bond donors (Lipinski definition) is 1. The monoisotopic (exact) mass is 241 g/mol. The van der Waals surface area contributed by atoms with E-state index < -0.39 is 23.7 Å². The second kappa shape index (κ2) is 4.06. The topological polar surface area (TPSA) is 50.2 Å². The molecule has 0 atom stereocenters. The standard InChI is InChI=1S/C7H3Cl2F2NO2/c8-3-1-2(6(10)11)4(7(13)14)12-5(3)9/h1,6H,(H,13,14). The molecule has 0 aromatic carbocycles. The first-order valence-electron chi connectivity index (χ1n) is 3.31. The zero-order chi connectivity index (χ0) is 10.9. The molecule has 0 spiro atoms. The highest BCUT2D eigenvalue weighted by Gasteiger charge is 2.21. The van der Waals surface area contributed by atoms with Crippen molar-refractivity contribution >= 4 is 29.2 Å². The number of nitrogens with zero attached hydrogens (tertiary/aromatic N) is 1. The fourth-order valence-electron chi connectivity index (χ4n) is 0.818. The first-order valence-corrected chi connectivity index (χ1v) is 4.06. The summed E-state index contributed by atoms with van der Waals surface area (Å²) in [4.78, 5) is 13.7. The Kier molecular flexibility index (Phi) is 3.23. The molecule has 1 aromatic heterocycles. The Morgan fingerprint density at radius 3 is 2.50 bits per heavy atom. The summed E-state index contributed by atoms with van der Waals surface area (Å²) in [5.74, 6) is -1.57. The lowest BCUT2D eigenvalue weighted by Crippen LogP contribution is -2.06. The van der Waals surface area contributed by atoms with Gasteiger partial charge in [-0.05, 0) is 6.07 Å². The lowest BCUT2D eigenvalue weighted by molar-refractivity contribution is 0.0677. The smallest absolute Gasteiger partial charge is 0.355 e. The fourth-order valence-corrected chi connectivity index (χ4v) is 1.12. The third-order valence-corrected chi connectivity index (χ3v) is 2.07. The molecule has 1 heterocycles. The number of rotatable bonds is 2. The molecule has 0 aliphatic carbocycles. The molecule has 0 unspecified atom stereocenters. The van der Waals surface area contributed by atoms with Crippen molar-refractivity contribution in [1.29, 1.82) is 0 Å². The van der Waals surface area contributed by atoms with Crippen molar-refractivity contribution in [2.45, 2.75) is 6.43 Å². The number of pyridine rings is 1. The van der Waals surface area contributed by atoms with Crippen LogP contribution in [0.25, 0.3) is 0 Å². The fraction of sp³-hybridized carbons (Fsp3) is 0.143. The van der Waals surface area contributed by atoms with Gasteiger partial charge < -0.3 is 5.11 Å². The summed E-state index contributed by atoms with van der Waals surface area (Å²) < 4.78 is 24.6. The van der Waals surface area contributed by atoms with Crippen LogP contribution in [0.15, 0.2) is 6.07 Å². The zero-order valence-corrected chi connectivity index (χ0v) is 7.98. The summed E-state index contributed by atoms with van der Waals surface area (Å²) in [6, 6.07) is 0.797. The van der Waals surface area contributed by atoms with E-state index in [4.69, 9.17) is 28.3 Å². The van der Waals surface area contributed by atoms with Crippen LogP contribution < -0.4 is 0 Å². The van der Waals surface area contributed by atoms with Crippen LogP contribution in [0.4, 0.5) is 8.78 Å². The molecule has 0 amide bonds. The first-order chi connectivity index (χ1) is 6.43. The summed E-state index contributed by atoms with van der Waals surface area (Å²) in [7, 11) is 0. The molecule has 0 fully saturated rings. The van der Waals surface area contributed by atoms with E-state index in [1.54, 1.807) is 0 Å². The van der Waals surface area contributed by atoms with Crippen LogP contribution >= 0.6 is 23.2 Å². The number of alkyl halides is 2. The van der Waals surface area contributed by atoms with E-state index in [-0.39, 0.29) is 10.2 Å². The number of carboxylic acid groups (broad SMARTS) is 1. The van der Waals surface area contributed by atoms with Crippen LogP contribution in [0.2, 0.25) is 10.2 Å². The Morgan fingerprint density at radius 2 is 2.07 bits per heavy atom. The SMILES string of the molecule is O=C(O)c1nc(Cl)c(Cl)cc1C(F)F. The molecule has 3 nitrogen and oxygen atoms in total. The predicted octanol–water partition coefficient (Wildman–Crippen LogP) is 3.02. The number of halogens is 4. The van der Waals surface area contributed by atoms with Gasteiger partial charge >= 0.3 is 5.97 Å². The molecule has 0 radical (unpaired) electrons. The molecular weight excluding hydrogens is 239 g/mol. The van der Waals surface area contributed by atoms with Gasteiger partial charge in [0, 0.05) is 0 Å². The van der Waals surface area contributed by atoms with Crippen LogP contribution in [0.3, 0.4) is 0 Å². The minimum absolute atomic E-state index is 0.202. The first kappa shape index (κ1) is 11.1. The molecule has 0 saturated carbocycles. The minimum atomic E-state index is -2.96.